The molecule has 0 saturated carbocycles. The van der Waals surface area contributed by atoms with Crippen molar-refractivity contribution in [1.29, 1.82) is 0 Å². The molecule has 0 radical (unpaired) electrons. The van der Waals surface area contributed by atoms with Gasteiger partial charge in [0.1, 0.15) is 0 Å². The van der Waals surface area contributed by atoms with Crippen LogP contribution in [0.15, 0.2) is 146 Å². The van der Waals surface area contributed by atoms with Crippen molar-refractivity contribution in [2.45, 2.75) is 0 Å². The van der Waals surface area contributed by atoms with Gasteiger partial charge in [0.05, 0.1) is 4.70 Å². The summed E-state index contributed by atoms with van der Waals surface area (Å²) < 4.78 is 2.50. The SMILES string of the molecule is c1ccc(-c2nc(-c3ccc4ccccc4c3)nc(-c3ccccc3-c3ccc4c(ccc5c6ccncc6sc45)c3)n2)cc1. The Morgan fingerprint density at radius 1 is 0.422 bits per heavy atom. The van der Waals surface area contributed by atoms with Crippen LogP contribution >= 0.6 is 11.3 Å². The molecule has 0 aliphatic carbocycles. The van der Waals surface area contributed by atoms with E-state index in [1.807, 2.05) is 42.7 Å². The molecule has 4 nitrogen and oxygen atoms in total. The molecule has 0 unspecified atom stereocenters. The van der Waals surface area contributed by atoms with Crippen molar-refractivity contribution in [3.05, 3.63) is 146 Å². The number of thiophene rings is 1. The average molecular weight is 593 g/mol. The molecule has 0 saturated heterocycles. The summed E-state index contributed by atoms with van der Waals surface area (Å²) in [5.41, 5.74) is 5.07. The Kier molecular flexibility index (Phi) is 5.96. The van der Waals surface area contributed by atoms with Gasteiger partial charge in [-0.2, -0.15) is 0 Å². The number of aromatic nitrogens is 4. The molecule has 0 atom stereocenters. The Balaban J connectivity index is 1.22. The molecule has 0 amide bonds. The van der Waals surface area contributed by atoms with Gasteiger partial charge in [0.15, 0.2) is 17.5 Å². The Morgan fingerprint density at radius 3 is 1.98 bits per heavy atom. The molecule has 9 rings (SSSR count). The van der Waals surface area contributed by atoms with Gasteiger partial charge in [-0.25, -0.2) is 15.0 Å². The fraction of sp³-hybridized carbons (Fsp3) is 0. The first-order valence-corrected chi connectivity index (χ1v) is 15.7. The van der Waals surface area contributed by atoms with Crippen LogP contribution in [0.25, 0.3) is 87.0 Å². The quantitative estimate of drug-likeness (QED) is 0.204. The highest BCUT2D eigenvalue weighted by Crippen LogP contribution is 2.40. The topological polar surface area (TPSA) is 51.6 Å². The van der Waals surface area contributed by atoms with E-state index in [1.54, 1.807) is 11.3 Å². The molecule has 9 aromatic rings. The summed E-state index contributed by atoms with van der Waals surface area (Å²) >= 11 is 1.80. The zero-order valence-corrected chi connectivity index (χ0v) is 24.9. The van der Waals surface area contributed by atoms with E-state index in [2.05, 4.69) is 108 Å². The Morgan fingerprint density at radius 2 is 1.09 bits per heavy atom. The molecule has 45 heavy (non-hydrogen) atoms. The maximum Gasteiger partial charge on any atom is 0.164 e. The molecule has 210 valence electrons. The fourth-order valence-electron chi connectivity index (χ4n) is 6.18. The molecular weight excluding hydrogens is 569 g/mol. The molecule has 3 aromatic heterocycles. The number of hydrogen-bond donors (Lipinski definition) is 0. The minimum atomic E-state index is 0.648. The van der Waals surface area contributed by atoms with E-state index in [0.717, 1.165) is 33.2 Å². The van der Waals surface area contributed by atoms with Crippen LogP contribution in [0.4, 0.5) is 0 Å². The van der Waals surface area contributed by atoms with Gasteiger partial charge in [-0.15, -0.1) is 11.3 Å². The minimum Gasteiger partial charge on any atom is -0.263 e. The first kappa shape index (κ1) is 25.7. The van der Waals surface area contributed by atoms with Crippen molar-refractivity contribution < 1.29 is 0 Å². The van der Waals surface area contributed by atoms with Crippen molar-refractivity contribution in [1.82, 2.24) is 19.9 Å². The highest BCUT2D eigenvalue weighted by Gasteiger charge is 2.17. The molecule has 0 spiro atoms. The maximum atomic E-state index is 5.09. The zero-order chi connectivity index (χ0) is 29.7. The molecular formula is C40H24N4S. The van der Waals surface area contributed by atoms with E-state index in [0.29, 0.717) is 17.5 Å². The predicted molar refractivity (Wildman–Crippen MR) is 187 cm³/mol. The van der Waals surface area contributed by atoms with Crippen LogP contribution in [-0.4, -0.2) is 19.9 Å². The van der Waals surface area contributed by atoms with Crippen molar-refractivity contribution in [3.8, 4) is 45.3 Å². The number of rotatable bonds is 4. The summed E-state index contributed by atoms with van der Waals surface area (Å²) in [6, 6.07) is 46.6. The van der Waals surface area contributed by atoms with Crippen LogP contribution in [-0.2, 0) is 0 Å². The smallest absolute Gasteiger partial charge is 0.164 e. The second-order valence-corrected chi connectivity index (χ2v) is 12.2. The van der Waals surface area contributed by atoms with Crippen LogP contribution in [0.3, 0.4) is 0 Å². The third-order valence-electron chi connectivity index (χ3n) is 8.41. The first-order chi connectivity index (χ1) is 22.3. The molecule has 5 heteroatoms. The van der Waals surface area contributed by atoms with Crippen LogP contribution < -0.4 is 0 Å². The van der Waals surface area contributed by atoms with Crippen molar-refractivity contribution in [2.24, 2.45) is 0 Å². The van der Waals surface area contributed by atoms with E-state index >= 15 is 0 Å². The number of hydrogen-bond acceptors (Lipinski definition) is 5. The van der Waals surface area contributed by atoms with Crippen molar-refractivity contribution in [3.63, 3.8) is 0 Å². The van der Waals surface area contributed by atoms with Gasteiger partial charge in [-0.1, -0.05) is 115 Å². The fourth-order valence-corrected chi connectivity index (χ4v) is 7.39. The number of pyridine rings is 1. The first-order valence-electron chi connectivity index (χ1n) is 14.9. The third kappa shape index (κ3) is 4.44. The summed E-state index contributed by atoms with van der Waals surface area (Å²) in [6.45, 7) is 0. The zero-order valence-electron chi connectivity index (χ0n) is 24.1. The molecule has 0 N–H and O–H groups in total. The van der Waals surface area contributed by atoms with Gasteiger partial charge in [-0.05, 0) is 50.9 Å². The summed E-state index contributed by atoms with van der Waals surface area (Å²) in [5.74, 6) is 1.95. The molecule has 0 fully saturated rings. The summed E-state index contributed by atoms with van der Waals surface area (Å²) in [5, 5.41) is 7.32. The number of fused-ring (bicyclic) bond motifs is 6. The van der Waals surface area contributed by atoms with Gasteiger partial charge in [0.25, 0.3) is 0 Å². The summed E-state index contributed by atoms with van der Waals surface area (Å²) in [7, 11) is 0. The van der Waals surface area contributed by atoms with Gasteiger partial charge >= 0.3 is 0 Å². The van der Waals surface area contributed by atoms with Crippen LogP contribution in [0.1, 0.15) is 0 Å². The van der Waals surface area contributed by atoms with Crippen molar-refractivity contribution >= 4 is 53.1 Å². The second kappa shape index (κ2) is 10.4. The minimum absolute atomic E-state index is 0.648. The largest absolute Gasteiger partial charge is 0.263 e. The Bertz CT molecular complexity index is 2550. The normalized spacial score (nSPS) is 11.6. The Labute approximate surface area is 263 Å². The van der Waals surface area contributed by atoms with E-state index < -0.39 is 0 Å². The highest BCUT2D eigenvalue weighted by atomic mass is 32.1. The van der Waals surface area contributed by atoms with Crippen molar-refractivity contribution in [2.75, 3.05) is 0 Å². The average Bonchev–Trinajstić information content (AvgIpc) is 3.50. The second-order valence-electron chi connectivity index (χ2n) is 11.1. The van der Waals surface area contributed by atoms with Crippen LogP contribution in [0.2, 0.25) is 0 Å². The van der Waals surface area contributed by atoms with Crippen LogP contribution in [0.5, 0.6) is 0 Å². The van der Waals surface area contributed by atoms with E-state index in [9.17, 15) is 0 Å². The monoisotopic (exact) mass is 592 g/mol. The molecule has 6 aromatic carbocycles. The number of nitrogens with zero attached hydrogens (tertiary/aromatic N) is 4. The predicted octanol–water partition coefficient (Wildman–Crippen LogP) is 10.6. The lowest BCUT2D eigenvalue weighted by Crippen LogP contribution is -2.01. The lowest BCUT2D eigenvalue weighted by molar-refractivity contribution is 1.07. The lowest BCUT2D eigenvalue weighted by Gasteiger charge is -2.13. The highest BCUT2D eigenvalue weighted by molar-refractivity contribution is 7.26. The number of benzene rings is 6. The van der Waals surface area contributed by atoms with E-state index in [1.165, 1.54) is 36.3 Å². The molecule has 0 bridgehead atoms. The van der Waals surface area contributed by atoms with Gasteiger partial charge in [0.2, 0.25) is 0 Å². The standard InChI is InChI=1S/C40H24N4S/c1-2-9-26(10-3-1)38-42-39(30-15-14-25-8-4-5-11-27(25)22-30)44-40(43-38)35-13-7-6-12-31(35)28-16-18-32-29(23-28)17-19-34-33-20-21-41-24-36(33)45-37(32)34/h1-24H. The van der Waals surface area contributed by atoms with Gasteiger partial charge < -0.3 is 0 Å². The molecule has 0 aliphatic rings. The van der Waals surface area contributed by atoms with E-state index in [4.69, 9.17) is 15.0 Å². The van der Waals surface area contributed by atoms with E-state index in [-0.39, 0.29) is 0 Å². The Hall–Kier alpha value is -5.78. The maximum absolute atomic E-state index is 5.09. The lowest BCUT2D eigenvalue weighted by atomic mass is 9.96. The third-order valence-corrected chi connectivity index (χ3v) is 9.60. The summed E-state index contributed by atoms with van der Waals surface area (Å²) in [4.78, 5) is 19.5. The summed E-state index contributed by atoms with van der Waals surface area (Å²) in [6.07, 6.45) is 3.83. The molecule has 3 heterocycles. The van der Waals surface area contributed by atoms with Gasteiger partial charge in [0, 0.05) is 44.6 Å². The van der Waals surface area contributed by atoms with Gasteiger partial charge in [-0.3, -0.25) is 4.98 Å². The van der Waals surface area contributed by atoms with Crippen LogP contribution in [0, 0.1) is 0 Å². The molecule has 0 aliphatic heterocycles.